The molecule has 0 radical (unpaired) electrons. The van der Waals surface area contributed by atoms with Crippen LogP contribution in [0.5, 0.6) is 5.88 Å². The van der Waals surface area contributed by atoms with E-state index in [2.05, 4.69) is 30.4 Å². The van der Waals surface area contributed by atoms with Gasteiger partial charge in [-0.25, -0.2) is 14.6 Å². The molecule has 0 amide bonds. The van der Waals surface area contributed by atoms with Crippen LogP contribution < -0.4 is 4.74 Å². The highest BCUT2D eigenvalue weighted by Gasteiger charge is 2.29. The Morgan fingerprint density at radius 2 is 2.23 bits per heavy atom. The normalized spacial score (nSPS) is 18.2. The second kappa shape index (κ2) is 5.60. The van der Waals surface area contributed by atoms with Gasteiger partial charge in [-0.3, -0.25) is 4.90 Å². The molecule has 1 saturated carbocycles. The lowest BCUT2D eigenvalue weighted by molar-refractivity contribution is 0.222. The number of fused-ring (bicyclic) bond motifs is 1. The van der Waals surface area contributed by atoms with Crippen molar-refractivity contribution in [1.29, 1.82) is 0 Å². The van der Waals surface area contributed by atoms with Crippen LogP contribution in [-0.4, -0.2) is 48.2 Å². The number of rotatable bonds is 5. The highest BCUT2D eigenvalue weighted by atomic mass is 16.5. The minimum Gasteiger partial charge on any atom is -0.478 e. The van der Waals surface area contributed by atoms with Crippen molar-refractivity contribution in [2.75, 3.05) is 13.2 Å². The summed E-state index contributed by atoms with van der Waals surface area (Å²) in [4.78, 5) is 11.0. The smallest absolute Gasteiger partial charge is 0.221 e. The molecule has 3 heterocycles. The van der Waals surface area contributed by atoms with Crippen LogP contribution in [0.25, 0.3) is 0 Å². The van der Waals surface area contributed by atoms with Gasteiger partial charge in [0.25, 0.3) is 0 Å². The molecule has 0 spiro atoms. The first kappa shape index (κ1) is 13.6. The van der Waals surface area contributed by atoms with Crippen LogP contribution in [-0.2, 0) is 19.5 Å². The van der Waals surface area contributed by atoms with Crippen LogP contribution in [0, 0.1) is 0 Å². The molecule has 8 nitrogen and oxygen atoms in total. The molecule has 2 aromatic heterocycles. The van der Waals surface area contributed by atoms with Crippen molar-refractivity contribution < 1.29 is 4.74 Å². The third kappa shape index (κ3) is 2.54. The van der Waals surface area contributed by atoms with Gasteiger partial charge in [-0.05, 0) is 30.2 Å². The minimum absolute atomic E-state index is 0.504. The van der Waals surface area contributed by atoms with Crippen LogP contribution in [0.4, 0.5) is 0 Å². The summed E-state index contributed by atoms with van der Waals surface area (Å²) in [5, 5.41) is 12.1. The molecule has 0 atom stereocenters. The predicted octanol–water partition coefficient (Wildman–Crippen LogP) is 0.755. The van der Waals surface area contributed by atoms with E-state index in [0.29, 0.717) is 18.5 Å². The van der Waals surface area contributed by atoms with Gasteiger partial charge in [0.05, 0.1) is 24.9 Å². The molecular weight excluding hydrogens is 282 g/mol. The van der Waals surface area contributed by atoms with E-state index in [1.165, 1.54) is 12.8 Å². The molecular formula is C14H19N7O. The average Bonchev–Trinajstić information content (AvgIpc) is 3.28. The monoisotopic (exact) mass is 301 g/mol. The third-order valence-corrected chi connectivity index (χ3v) is 4.14. The van der Waals surface area contributed by atoms with E-state index in [-0.39, 0.29) is 0 Å². The van der Waals surface area contributed by atoms with E-state index >= 15 is 0 Å². The SMILES string of the molecule is CCOc1ncnc2c1CN(Cc1nnnn1C1CC1)CC2. The van der Waals surface area contributed by atoms with Crippen molar-refractivity contribution in [1.82, 2.24) is 35.1 Å². The number of tetrazole rings is 1. The van der Waals surface area contributed by atoms with Gasteiger partial charge in [0.15, 0.2) is 5.82 Å². The maximum absolute atomic E-state index is 5.64. The Kier molecular flexibility index (Phi) is 3.45. The first-order valence-electron chi connectivity index (χ1n) is 7.79. The van der Waals surface area contributed by atoms with Crippen molar-refractivity contribution in [3.05, 3.63) is 23.4 Å². The molecule has 1 aliphatic carbocycles. The fourth-order valence-electron chi connectivity index (χ4n) is 2.89. The van der Waals surface area contributed by atoms with Crippen molar-refractivity contribution in [3.63, 3.8) is 0 Å². The average molecular weight is 301 g/mol. The van der Waals surface area contributed by atoms with Crippen LogP contribution in [0.15, 0.2) is 6.33 Å². The van der Waals surface area contributed by atoms with Crippen LogP contribution in [0.3, 0.4) is 0 Å². The Labute approximate surface area is 128 Å². The Hall–Kier alpha value is -2.09. The molecule has 1 fully saturated rings. The Morgan fingerprint density at radius 3 is 3.05 bits per heavy atom. The van der Waals surface area contributed by atoms with Crippen molar-refractivity contribution in [2.24, 2.45) is 0 Å². The molecule has 1 aliphatic heterocycles. The van der Waals surface area contributed by atoms with Crippen molar-refractivity contribution in [3.8, 4) is 5.88 Å². The zero-order chi connectivity index (χ0) is 14.9. The van der Waals surface area contributed by atoms with Crippen molar-refractivity contribution >= 4 is 0 Å². The van der Waals surface area contributed by atoms with Gasteiger partial charge in [0.1, 0.15) is 6.33 Å². The van der Waals surface area contributed by atoms with E-state index in [1.807, 2.05) is 11.6 Å². The summed E-state index contributed by atoms with van der Waals surface area (Å²) < 4.78 is 7.61. The fourth-order valence-corrected chi connectivity index (χ4v) is 2.89. The van der Waals surface area contributed by atoms with Crippen LogP contribution >= 0.6 is 0 Å². The number of ether oxygens (including phenoxy) is 1. The van der Waals surface area contributed by atoms with Gasteiger partial charge >= 0.3 is 0 Å². The van der Waals surface area contributed by atoms with E-state index in [4.69, 9.17) is 4.74 Å². The minimum atomic E-state index is 0.504. The second-order valence-electron chi connectivity index (χ2n) is 5.77. The van der Waals surface area contributed by atoms with Gasteiger partial charge in [-0.2, -0.15) is 0 Å². The molecule has 0 unspecified atom stereocenters. The molecule has 0 aromatic carbocycles. The number of nitrogens with zero attached hydrogens (tertiary/aromatic N) is 7. The van der Waals surface area contributed by atoms with E-state index < -0.39 is 0 Å². The second-order valence-corrected chi connectivity index (χ2v) is 5.77. The number of hydrogen-bond acceptors (Lipinski definition) is 7. The molecule has 8 heteroatoms. The van der Waals surface area contributed by atoms with Gasteiger partial charge in [0, 0.05) is 25.1 Å². The van der Waals surface area contributed by atoms with E-state index in [9.17, 15) is 0 Å². The molecule has 2 aliphatic rings. The predicted molar refractivity (Wildman–Crippen MR) is 77.1 cm³/mol. The topological polar surface area (TPSA) is 81.8 Å². The molecule has 0 N–H and O–H groups in total. The Bertz CT molecular complexity index is 667. The van der Waals surface area contributed by atoms with Gasteiger partial charge in [-0.1, -0.05) is 0 Å². The molecule has 0 saturated heterocycles. The van der Waals surface area contributed by atoms with Gasteiger partial charge in [-0.15, -0.1) is 5.10 Å². The highest BCUT2D eigenvalue weighted by Crippen LogP contribution is 2.34. The maximum atomic E-state index is 5.64. The van der Waals surface area contributed by atoms with E-state index in [0.717, 1.165) is 43.1 Å². The summed E-state index contributed by atoms with van der Waals surface area (Å²) in [5.74, 6) is 1.65. The first-order chi connectivity index (χ1) is 10.8. The van der Waals surface area contributed by atoms with Crippen LogP contribution in [0.2, 0.25) is 0 Å². The van der Waals surface area contributed by atoms with Crippen molar-refractivity contribution in [2.45, 2.75) is 45.3 Å². The Balaban J connectivity index is 1.52. The lowest BCUT2D eigenvalue weighted by Crippen LogP contribution is -2.32. The lowest BCUT2D eigenvalue weighted by atomic mass is 10.1. The summed E-state index contributed by atoms with van der Waals surface area (Å²) in [5.41, 5.74) is 2.19. The summed E-state index contributed by atoms with van der Waals surface area (Å²) in [7, 11) is 0. The number of aromatic nitrogens is 6. The summed E-state index contributed by atoms with van der Waals surface area (Å²) in [6.45, 7) is 5.07. The molecule has 0 bridgehead atoms. The molecule has 116 valence electrons. The highest BCUT2D eigenvalue weighted by molar-refractivity contribution is 5.31. The quantitative estimate of drug-likeness (QED) is 0.806. The standard InChI is InChI=1S/C14H19N7O/c1-2-22-14-11-7-20(6-5-12(11)15-9-16-14)8-13-17-18-19-21(13)10-3-4-10/h9-10H,2-8H2,1H3. The first-order valence-corrected chi connectivity index (χ1v) is 7.79. The molecule has 4 rings (SSSR count). The Morgan fingerprint density at radius 1 is 1.32 bits per heavy atom. The summed E-state index contributed by atoms with van der Waals surface area (Å²) in [6, 6.07) is 0.504. The van der Waals surface area contributed by atoms with E-state index in [1.54, 1.807) is 6.33 Å². The zero-order valence-corrected chi connectivity index (χ0v) is 12.6. The summed E-state index contributed by atoms with van der Waals surface area (Å²) >= 11 is 0. The fraction of sp³-hybridized carbons (Fsp3) is 0.643. The van der Waals surface area contributed by atoms with Gasteiger partial charge < -0.3 is 4.74 Å². The van der Waals surface area contributed by atoms with Gasteiger partial charge in [0.2, 0.25) is 5.88 Å². The largest absolute Gasteiger partial charge is 0.478 e. The van der Waals surface area contributed by atoms with Crippen LogP contribution in [0.1, 0.15) is 42.9 Å². The lowest BCUT2D eigenvalue weighted by Gasteiger charge is -2.28. The molecule has 2 aromatic rings. The molecule has 22 heavy (non-hydrogen) atoms. The maximum Gasteiger partial charge on any atom is 0.221 e. The third-order valence-electron chi connectivity index (χ3n) is 4.14. The number of hydrogen-bond donors (Lipinski definition) is 0. The zero-order valence-electron chi connectivity index (χ0n) is 12.6. The summed E-state index contributed by atoms with van der Waals surface area (Å²) in [6.07, 6.45) is 4.86.